The van der Waals surface area contributed by atoms with Crippen LogP contribution in [0.5, 0.6) is 5.75 Å². The lowest BCUT2D eigenvalue weighted by Crippen LogP contribution is -2.31. The number of carbonyl (C=O) groups excluding carboxylic acids is 2. The third-order valence-electron chi connectivity index (χ3n) is 2.98. The average molecular weight is 277 g/mol. The van der Waals surface area contributed by atoms with Crippen LogP contribution < -0.4 is 0 Å². The van der Waals surface area contributed by atoms with Crippen molar-refractivity contribution in [2.24, 2.45) is 0 Å². The smallest absolute Gasteiger partial charge is 0.307 e. The summed E-state index contributed by atoms with van der Waals surface area (Å²) in [5.74, 6) is -1.19. The van der Waals surface area contributed by atoms with Gasteiger partial charge in [0.15, 0.2) is 0 Å². The summed E-state index contributed by atoms with van der Waals surface area (Å²) < 4.78 is 9.15. The molecule has 6 nitrogen and oxygen atoms in total. The zero-order valence-corrected chi connectivity index (χ0v) is 11.3. The quantitative estimate of drug-likeness (QED) is 0.814. The highest BCUT2D eigenvalue weighted by molar-refractivity contribution is 5.77. The first kappa shape index (κ1) is 15.5. The molecule has 0 saturated heterocycles. The highest BCUT2D eigenvalue weighted by atomic mass is 16.5. The van der Waals surface area contributed by atoms with Gasteiger partial charge in [-0.2, -0.15) is 5.26 Å². The molecule has 1 aromatic carbocycles. The van der Waals surface area contributed by atoms with Crippen LogP contribution in [0.1, 0.15) is 18.4 Å². The minimum Gasteiger partial charge on any atom is -0.508 e. The van der Waals surface area contributed by atoms with E-state index in [4.69, 9.17) is 0 Å². The van der Waals surface area contributed by atoms with Gasteiger partial charge in [0.05, 0.1) is 33.1 Å². The molecule has 0 radical (unpaired) electrons. The van der Waals surface area contributed by atoms with Gasteiger partial charge in [-0.25, -0.2) is 0 Å². The summed E-state index contributed by atoms with van der Waals surface area (Å²) in [4.78, 5) is 23.0. The van der Waals surface area contributed by atoms with Crippen molar-refractivity contribution in [1.82, 2.24) is 0 Å². The summed E-state index contributed by atoms with van der Waals surface area (Å²) in [5, 5.41) is 18.7. The number of methoxy groups -OCH3 is 2. The van der Waals surface area contributed by atoms with Gasteiger partial charge in [-0.15, -0.1) is 0 Å². The SMILES string of the molecule is COC(=O)CC(C#N)(CC(=O)OC)c1ccc(O)cc1. The lowest BCUT2D eigenvalue weighted by atomic mass is 9.76. The van der Waals surface area contributed by atoms with Crippen molar-refractivity contribution in [3.05, 3.63) is 29.8 Å². The second-order valence-electron chi connectivity index (χ2n) is 4.25. The minimum atomic E-state index is -1.38. The Morgan fingerprint density at radius 1 is 1.15 bits per heavy atom. The molecule has 106 valence electrons. The molecule has 0 amide bonds. The van der Waals surface area contributed by atoms with E-state index in [9.17, 15) is 20.0 Å². The number of esters is 2. The standard InChI is InChI=1S/C14H15NO5/c1-19-12(17)7-14(9-15,8-13(18)20-2)10-3-5-11(16)6-4-10/h3-6,16H,7-8H2,1-2H3. The van der Waals surface area contributed by atoms with Gasteiger partial charge in [0.1, 0.15) is 11.2 Å². The number of nitriles is 1. The largest absolute Gasteiger partial charge is 0.508 e. The fraction of sp³-hybridized carbons (Fsp3) is 0.357. The van der Waals surface area contributed by atoms with Crippen LogP contribution in [0, 0.1) is 11.3 Å². The first-order valence-electron chi connectivity index (χ1n) is 5.82. The number of rotatable bonds is 5. The Morgan fingerprint density at radius 3 is 1.95 bits per heavy atom. The first-order chi connectivity index (χ1) is 9.47. The Balaban J connectivity index is 3.23. The van der Waals surface area contributed by atoms with Crippen LogP contribution in [0.25, 0.3) is 0 Å². The van der Waals surface area contributed by atoms with Crippen LogP contribution in [0.4, 0.5) is 0 Å². The Labute approximate surface area is 116 Å². The Bertz CT molecular complexity index is 511. The van der Waals surface area contributed by atoms with Gasteiger partial charge in [0.25, 0.3) is 0 Å². The highest BCUT2D eigenvalue weighted by Crippen LogP contribution is 2.33. The van der Waals surface area contributed by atoms with Gasteiger partial charge in [-0.1, -0.05) is 12.1 Å². The number of hydrogen-bond donors (Lipinski definition) is 1. The maximum atomic E-state index is 11.5. The van der Waals surface area contributed by atoms with Crippen LogP contribution in [-0.2, 0) is 24.5 Å². The summed E-state index contributed by atoms with van der Waals surface area (Å²) in [6, 6.07) is 7.75. The van der Waals surface area contributed by atoms with E-state index in [1.165, 1.54) is 38.5 Å². The fourth-order valence-electron chi connectivity index (χ4n) is 1.83. The van der Waals surface area contributed by atoms with Crippen LogP contribution in [0.15, 0.2) is 24.3 Å². The maximum Gasteiger partial charge on any atom is 0.307 e. The number of phenols is 1. The number of ether oxygens (including phenoxy) is 2. The van der Waals surface area contributed by atoms with Crippen LogP contribution >= 0.6 is 0 Å². The molecule has 1 aromatic rings. The number of aromatic hydroxyl groups is 1. The monoisotopic (exact) mass is 277 g/mol. The molecule has 0 fully saturated rings. The van der Waals surface area contributed by atoms with Gasteiger partial charge in [0.2, 0.25) is 0 Å². The van der Waals surface area contributed by atoms with E-state index in [0.717, 1.165) is 0 Å². The van der Waals surface area contributed by atoms with Crippen molar-refractivity contribution >= 4 is 11.9 Å². The molecule has 1 N–H and O–H groups in total. The lowest BCUT2D eigenvalue weighted by Gasteiger charge is -2.24. The third-order valence-corrected chi connectivity index (χ3v) is 2.98. The molecule has 0 aliphatic heterocycles. The molecule has 0 bridgehead atoms. The number of benzene rings is 1. The van der Waals surface area contributed by atoms with Crippen molar-refractivity contribution < 1.29 is 24.2 Å². The number of carbonyl (C=O) groups is 2. The van der Waals surface area contributed by atoms with Crippen molar-refractivity contribution in [2.45, 2.75) is 18.3 Å². The lowest BCUT2D eigenvalue weighted by molar-refractivity contribution is -0.144. The van der Waals surface area contributed by atoms with Gasteiger partial charge < -0.3 is 14.6 Å². The Hall–Kier alpha value is -2.55. The molecule has 0 atom stereocenters. The van der Waals surface area contributed by atoms with E-state index in [-0.39, 0.29) is 18.6 Å². The van der Waals surface area contributed by atoms with Crippen molar-refractivity contribution in [2.75, 3.05) is 14.2 Å². The topological polar surface area (TPSA) is 96.6 Å². The van der Waals surface area contributed by atoms with E-state index in [1.807, 2.05) is 6.07 Å². The van der Waals surface area contributed by atoms with E-state index >= 15 is 0 Å². The van der Waals surface area contributed by atoms with E-state index in [1.54, 1.807) is 0 Å². The average Bonchev–Trinajstić information content (AvgIpc) is 2.46. The van der Waals surface area contributed by atoms with Crippen molar-refractivity contribution in [3.63, 3.8) is 0 Å². The summed E-state index contributed by atoms with van der Waals surface area (Å²) in [5.41, 5.74) is -0.943. The van der Waals surface area contributed by atoms with Gasteiger partial charge in [0, 0.05) is 0 Å². The molecule has 0 aromatic heterocycles. The van der Waals surface area contributed by atoms with Crippen LogP contribution in [0.2, 0.25) is 0 Å². The highest BCUT2D eigenvalue weighted by Gasteiger charge is 2.38. The number of phenolic OH excluding ortho intramolecular Hbond substituents is 1. The van der Waals surface area contributed by atoms with E-state index in [0.29, 0.717) is 5.56 Å². The van der Waals surface area contributed by atoms with Crippen molar-refractivity contribution in [1.29, 1.82) is 5.26 Å². The first-order valence-corrected chi connectivity index (χ1v) is 5.82. The second kappa shape index (κ2) is 6.57. The molecular formula is C14H15NO5. The number of nitrogens with zero attached hydrogens (tertiary/aromatic N) is 1. The second-order valence-corrected chi connectivity index (χ2v) is 4.25. The van der Waals surface area contributed by atoms with Crippen LogP contribution in [-0.4, -0.2) is 31.3 Å². The van der Waals surface area contributed by atoms with Gasteiger partial charge in [-0.05, 0) is 17.7 Å². The fourth-order valence-corrected chi connectivity index (χ4v) is 1.83. The molecule has 0 spiro atoms. The van der Waals surface area contributed by atoms with Crippen molar-refractivity contribution in [3.8, 4) is 11.8 Å². The summed E-state index contributed by atoms with van der Waals surface area (Å²) >= 11 is 0. The van der Waals surface area contributed by atoms with E-state index < -0.39 is 17.4 Å². The van der Waals surface area contributed by atoms with Crippen LogP contribution in [0.3, 0.4) is 0 Å². The molecule has 1 rings (SSSR count). The molecule has 0 aliphatic rings. The van der Waals surface area contributed by atoms with E-state index in [2.05, 4.69) is 9.47 Å². The van der Waals surface area contributed by atoms with Gasteiger partial charge >= 0.3 is 11.9 Å². The molecule has 0 saturated carbocycles. The predicted molar refractivity (Wildman–Crippen MR) is 68.7 cm³/mol. The summed E-state index contributed by atoms with van der Waals surface area (Å²) in [6.07, 6.45) is -0.556. The zero-order chi connectivity index (χ0) is 15.2. The maximum absolute atomic E-state index is 11.5. The Morgan fingerprint density at radius 2 is 1.60 bits per heavy atom. The molecule has 0 heterocycles. The minimum absolute atomic E-state index is 0.0247. The summed E-state index contributed by atoms with van der Waals surface area (Å²) in [7, 11) is 2.42. The molecule has 6 heteroatoms. The normalized spacial score (nSPS) is 10.4. The third kappa shape index (κ3) is 3.48. The van der Waals surface area contributed by atoms with Gasteiger partial charge in [-0.3, -0.25) is 9.59 Å². The number of hydrogen-bond acceptors (Lipinski definition) is 6. The summed E-state index contributed by atoms with van der Waals surface area (Å²) in [6.45, 7) is 0. The molecule has 0 unspecified atom stereocenters. The zero-order valence-electron chi connectivity index (χ0n) is 11.3. The molecule has 20 heavy (non-hydrogen) atoms. The molecular weight excluding hydrogens is 262 g/mol. The Kier molecular flexibility index (Phi) is 5.09. The predicted octanol–water partition coefficient (Wildman–Crippen LogP) is 1.28. The molecule has 0 aliphatic carbocycles.